The number of hydrogen-bond acceptors (Lipinski definition) is 1. The highest BCUT2D eigenvalue weighted by molar-refractivity contribution is 5.91. The second-order valence-corrected chi connectivity index (χ2v) is 3.29. The summed E-state index contributed by atoms with van der Waals surface area (Å²) in [5.74, 6) is -0.0803. The molecule has 0 aromatic heterocycles. The molecule has 74 valence electrons. The van der Waals surface area contributed by atoms with Gasteiger partial charge in [-0.05, 0) is 36.6 Å². The number of carbonyl (C=O) groups is 1. The molecule has 0 spiro atoms. The molecule has 2 heteroatoms. The van der Waals surface area contributed by atoms with Crippen LogP contribution in [0.5, 0.6) is 0 Å². The van der Waals surface area contributed by atoms with Gasteiger partial charge in [0.05, 0.1) is 0 Å². The maximum atomic E-state index is 10.9. The molecule has 1 aromatic rings. The second kappa shape index (κ2) is 4.61. The molecule has 1 rings (SSSR count). The van der Waals surface area contributed by atoms with Crippen LogP contribution in [0.15, 0.2) is 24.3 Å². The van der Waals surface area contributed by atoms with Gasteiger partial charge in [0.25, 0.3) is 0 Å². The molecule has 0 heterocycles. The molecule has 2 nitrogen and oxygen atoms in total. The van der Waals surface area contributed by atoms with E-state index in [1.165, 1.54) is 17.2 Å². The van der Waals surface area contributed by atoms with Crippen LogP contribution >= 0.6 is 0 Å². The fourth-order valence-electron chi connectivity index (χ4n) is 1.12. The molecule has 0 saturated heterocycles. The molecule has 1 N–H and O–H groups in total. The molecule has 0 aliphatic rings. The van der Waals surface area contributed by atoms with Crippen LogP contribution in [0.25, 0.3) is 6.08 Å². The Balaban J connectivity index is 2.83. The van der Waals surface area contributed by atoms with E-state index in [1.807, 2.05) is 12.1 Å². The zero-order valence-corrected chi connectivity index (χ0v) is 8.79. The van der Waals surface area contributed by atoms with E-state index in [1.54, 1.807) is 7.05 Å². The Kier molecular flexibility index (Phi) is 3.46. The van der Waals surface area contributed by atoms with Crippen LogP contribution in [0, 0.1) is 13.8 Å². The molecular weight excluding hydrogens is 174 g/mol. The largest absolute Gasteiger partial charge is 0.356 e. The highest BCUT2D eigenvalue weighted by Crippen LogP contribution is 2.10. The highest BCUT2D eigenvalue weighted by atomic mass is 16.1. The standard InChI is InChI=1S/C12H15NO/c1-9-4-5-11(8-10(9)2)6-7-12(14)13-3/h4-8H,1-3H3,(H,13,14)/b7-6+. The van der Waals surface area contributed by atoms with E-state index in [2.05, 4.69) is 31.3 Å². The number of hydrogen-bond donors (Lipinski definition) is 1. The summed E-state index contributed by atoms with van der Waals surface area (Å²) in [6, 6.07) is 6.12. The monoisotopic (exact) mass is 189 g/mol. The van der Waals surface area contributed by atoms with Crippen molar-refractivity contribution in [2.24, 2.45) is 0 Å². The number of nitrogens with one attached hydrogen (secondary N) is 1. The number of benzene rings is 1. The predicted octanol–water partition coefficient (Wildman–Crippen LogP) is 2.06. The van der Waals surface area contributed by atoms with Gasteiger partial charge in [0.15, 0.2) is 0 Å². The first kappa shape index (κ1) is 10.5. The average molecular weight is 189 g/mol. The van der Waals surface area contributed by atoms with E-state index in [4.69, 9.17) is 0 Å². The van der Waals surface area contributed by atoms with Crippen molar-refractivity contribution < 1.29 is 4.79 Å². The number of carbonyl (C=O) groups excluding carboxylic acids is 1. The number of likely N-dealkylation sites (N-methyl/N-ethyl adjacent to an activating group) is 1. The van der Waals surface area contributed by atoms with Crippen LogP contribution in [0.2, 0.25) is 0 Å². The molecule has 0 saturated carbocycles. The molecule has 0 aliphatic carbocycles. The maximum absolute atomic E-state index is 10.9. The predicted molar refractivity (Wildman–Crippen MR) is 59.0 cm³/mol. The van der Waals surface area contributed by atoms with Gasteiger partial charge in [-0.2, -0.15) is 0 Å². The van der Waals surface area contributed by atoms with Crippen molar-refractivity contribution >= 4 is 12.0 Å². The molecule has 0 unspecified atom stereocenters. The van der Waals surface area contributed by atoms with E-state index in [9.17, 15) is 4.79 Å². The Morgan fingerprint density at radius 3 is 2.57 bits per heavy atom. The Hall–Kier alpha value is -1.57. The number of rotatable bonds is 2. The van der Waals surface area contributed by atoms with E-state index < -0.39 is 0 Å². The van der Waals surface area contributed by atoms with E-state index in [0.717, 1.165) is 5.56 Å². The van der Waals surface area contributed by atoms with Crippen LogP contribution in [-0.4, -0.2) is 13.0 Å². The van der Waals surface area contributed by atoms with Crippen LogP contribution < -0.4 is 5.32 Å². The molecule has 0 atom stereocenters. The Morgan fingerprint density at radius 2 is 2.00 bits per heavy atom. The van der Waals surface area contributed by atoms with Gasteiger partial charge in [-0.25, -0.2) is 0 Å². The lowest BCUT2D eigenvalue weighted by Gasteiger charge is -2.00. The average Bonchev–Trinajstić information content (AvgIpc) is 2.19. The van der Waals surface area contributed by atoms with Gasteiger partial charge < -0.3 is 5.32 Å². The van der Waals surface area contributed by atoms with Crippen LogP contribution in [0.1, 0.15) is 16.7 Å². The van der Waals surface area contributed by atoms with Crippen molar-refractivity contribution in [3.8, 4) is 0 Å². The smallest absolute Gasteiger partial charge is 0.243 e. The molecule has 1 amide bonds. The lowest BCUT2D eigenvalue weighted by Crippen LogP contribution is -2.13. The van der Waals surface area contributed by atoms with Crippen LogP contribution in [-0.2, 0) is 4.79 Å². The molecule has 0 aliphatic heterocycles. The molecule has 0 radical (unpaired) electrons. The fraction of sp³-hybridized carbons (Fsp3) is 0.250. The third-order valence-corrected chi connectivity index (χ3v) is 2.20. The van der Waals surface area contributed by atoms with Crippen molar-refractivity contribution in [3.63, 3.8) is 0 Å². The molecule has 0 bridgehead atoms. The zero-order chi connectivity index (χ0) is 10.6. The SMILES string of the molecule is CNC(=O)/C=C/c1ccc(C)c(C)c1. The summed E-state index contributed by atoms with van der Waals surface area (Å²) in [5.41, 5.74) is 3.56. The quantitative estimate of drug-likeness (QED) is 0.709. The third-order valence-electron chi connectivity index (χ3n) is 2.20. The summed E-state index contributed by atoms with van der Waals surface area (Å²) < 4.78 is 0. The third kappa shape index (κ3) is 2.73. The second-order valence-electron chi connectivity index (χ2n) is 3.29. The lowest BCUT2D eigenvalue weighted by molar-refractivity contribution is -0.115. The van der Waals surface area contributed by atoms with Crippen molar-refractivity contribution in [2.45, 2.75) is 13.8 Å². The van der Waals surface area contributed by atoms with E-state index >= 15 is 0 Å². The van der Waals surface area contributed by atoms with Gasteiger partial charge in [-0.3, -0.25) is 4.79 Å². The van der Waals surface area contributed by atoms with E-state index in [-0.39, 0.29) is 5.91 Å². The number of amides is 1. The topological polar surface area (TPSA) is 29.1 Å². The zero-order valence-electron chi connectivity index (χ0n) is 8.79. The Morgan fingerprint density at radius 1 is 1.29 bits per heavy atom. The van der Waals surface area contributed by atoms with E-state index in [0.29, 0.717) is 0 Å². The first-order chi connectivity index (χ1) is 6.63. The summed E-state index contributed by atoms with van der Waals surface area (Å²) in [6.45, 7) is 4.13. The highest BCUT2D eigenvalue weighted by Gasteiger charge is 1.93. The minimum atomic E-state index is -0.0803. The van der Waals surface area contributed by atoms with Crippen molar-refractivity contribution in [3.05, 3.63) is 41.0 Å². The van der Waals surface area contributed by atoms with Gasteiger partial charge >= 0.3 is 0 Å². The fourth-order valence-corrected chi connectivity index (χ4v) is 1.12. The molecule has 0 fully saturated rings. The van der Waals surface area contributed by atoms with Gasteiger partial charge in [0.2, 0.25) is 5.91 Å². The maximum Gasteiger partial charge on any atom is 0.243 e. The van der Waals surface area contributed by atoms with Gasteiger partial charge in [-0.1, -0.05) is 18.2 Å². The van der Waals surface area contributed by atoms with Gasteiger partial charge in [0.1, 0.15) is 0 Å². The summed E-state index contributed by atoms with van der Waals surface area (Å²) in [4.78, 5) is 10.9. The van der Waals surface area contributed by atoms with Gasteiger partial charge in [0, 0.05) is 13.1 Å². The Bertz CT molecular complexity index is 367. The first-order valence-electron chi connectivity index (χ1n) is 4.60. The molecule has 14 heavy (non-hydrogen) atoms. The normalized spacial score (nSPS) is 10.5. The summed E-state index contributed by atoms with van der Waals surface area (Å²) in [6.07, 6.45) is 3.34. The van der Waals surface area contributed by atoms with Crippen LogP contribution in [0.3, 0.4) is 0 Å². The van der Waals surface area contributed by atoms with Crippen molar-refractivity contribution in [1.82, 2.24) is 5.32 Å². The minimum absolute atomic E-state index is 0.0803. The summed E-state index contributed by atoms with van der Waals surface area (Å²) in [7, 11) is 1.62. The Labute approximate surface area is 84.6 Å². The summed E-state index contributed by atoms with van der Waals surface area (Å²) in [5, 5.41) is 2.54. The van der Waals surface area contributed by atoms with Crippen LogP contribution in [0.4, 0.5) is 0 Å². The lowest BCUT2D eigenvalue weighted by atomic mass is 10.1. The molecular formula is C12H15NO. The first-order valence-corrected chi connectivity index (χ1v) is 4.60. The van der Waals surface area contributed by atoms with Gasteiger partial charge in [-0.15, -0.1) is 0 Å². The van der Waals surface area contributed by atoms with Crippen molar-refractivity contribution in [1.29, 1.82) is 0 Å². The summed E-state index contributed by atoms with van der Waals surface area (Å²) >= 11 is 0. The van der Waals surface area contributed by atoms with Crippen molar-refractivity contribution in [2.75, 3.05) is 7.05 Å². The number of aryl methyl sites for hydroxylation is 2. The minimum Gasteiger partial charge on any atom is -0.356 e. The molecule has 1 aromatic carbocycles.